The number of rotatable bonds is 1. The molecular weight excluding hydrogens is 128 g/mol. The summed E-state index contributed by atoms with van der Waals surface area (Å²) in [5.74, 6) is 0.357. The van der Waals surface area contributed by atoms with Crippen LogP contribution in [0, 0.1) is 0 Å². The Kier molecular flexibility index (Phi) is 1.85. The van der Waals surface area contributed by atoms with Gasteiger partial charge in [-0.05, 0) is 12.0 Å². The number of hydrogen-bond donors (Lipinski definition) is 1. The topological polar surface area (TPSA) is 45.8 Å². The van der Waals surface area contributed by atoms with Crippen molar-refractivity contribution in [3.05, 3.63) is 28.4 Å². The highest BCUT2D eigenvalue weighted by atomic mass is 16.1. The zero-order chi connectivity index (χ0) is 7.56. The van der Waals surface area contributed by atoms with Crippen LogP contribution < -0.4 is 5.69 Å². The molecule has 1 heterocycles. The van der Waals surface area contributed by atoms with Crippen molar-refractivity contribution in [1.29, 1.82) is 0 Å². The Morgan fingerprint density at radius 2 is 2.40 bits per heavy atom. The second-order valence-corrected chi connectivity index (χ2v) is 2.49. The predicted octanol–water partition coefficient (Wildman–Crippen LogP) is 1.14. The fourth-order valence-electron chi connectivity index (χ4n) is 0.719. The Balaban J connectivity index is 0.000001000. The number of aromatic amines is 1. The van der Waals surface area contributed by atoms with E-state index in [-0.39, 0.29) is 7.12 Å². The molecule has 10 heavy (non-hydrogen) atoms. The minimum Gasteiger partial charge on any atom is -0.310 e. The SMILES string of the molecule is CC(C)c1ccnc(=O)[nH]1.[HH]. The van der Waals surface area contributed by atoms with Gasteiger partial charge in [-0.25, -0.2) is 9.78 Å². The van der Waals surface area contributed by atoms with Gasteiger partial charge >= 0.3 is 5.69 Å². The first kappa shape index (κ1) is 6.99. The van der Waals surface area contributed by atoms with Crippen LogP contribution in [0.25, 0.3) is 0 Å². The van der Waals surface area contributed by atoms with Gasteiger partial charge in [-0.2, -0.15) is 0 Å². The van der Waals surface area contributed by atoms with Crippen molar-refractivity contribution in [2.24, 2.45) is 0 Å². The van der Waals surface area contributed by atoms with Crippen molar-refractivity contribution in [3.8, 4) is 0 Å². The van der Waals surface area contributed by atoms with Gasteiger partial charge in [0.15, 0.2) is 0 Å². The predicted molar refractivity (Wildman–Crippen MR) is 41.1 cm³/mol. The number of nitrogens with zero attached hydrogens (tertiary/aromatic N) is 1. The van der Waals surface area contributed by atoms with Crippen molar-refractivity contribution in [1.82, 2.24) is 9.97 Å². The molecule has 0 aliphatic carbocycles. The number of hydrogen-bond acceptors (Lipinski definition) is 2. The highest BCUT2D eigenvalue weighted by molar-refractivity contribution is 5.02. The van der Waals surface area contributed by atoms with Crippen LogP contribution >= 0.6 is 0 Å². The van der Waals surface area contributed by atoms with E-state index in [4.69, 9.17) is 0 Å². The smallest absolute Gasteiger partial charge is 0.310 e. The molecule has 0 spiro atoms. The zero-order valence-corrected chi connectivity index (χ0v) is 6.09. The Morgan fingerprint density at radius 1 is 1.70 bits per heavy atom. The van der Waals surface area contributed by atoms with Crippen LogP contribution in [-0.2, 0) is 0 Å². The van der Waals surface area contributed by atoms with Gasteiger partial charge in [0, 0.05) is 13.3 Å². The maximum absolute atomic E-state index is 10.6. The highest BCUT2D eigenvalue weighted by Gasteiger charge is 1.97. The van der Waals surface area contributed by atoms with Crippen molar-refractivity contribution in [2.45, 2.75) is 19.8 Å². The summed E-state index contributed by atoms with van der Waals surface area (Å²) in [6, 6.07) is 1.81. The Morgan fingerprint density at radius 3 is 2.80 bits per heavy atom. The summed E-state index contributed by atoms with van der Waals surface area (Å²) in [7, 11) is 0. The summed E-state index contributed by atoms with van der Waals surface area (Å²) < 4.78 is 0. The van der Waals surface area contributed by atoms with Crippen molar-refractivity contribution in [3.63, 3.8) is 0 Å². The lowest BCUT2D eigenvalue weighted by molar-refractivity contribution is 0.802. The molecule has 0 saturated carbocycles. The summed E-state index contributed by atoms with van der Waals surface area (Å²) in [6.45, 7) is 4.04. The lowest BCUT2D eigenvalue weighted by Crippen LogP contribution is -2.11. The van der Waals surface area contributed by atoms with Gasteiger partial charge in [0.25, 0.3) is 0 Å². The van der Waals surface area contributed by atoms with E-state index in [0.717, 1.165) is 5.69 Å². The maximum Gasteiger partial charge on any atom is 0.345 e. The Labute approximate surface area is 60.6 Å². The quantitative estimate of drug-likeness (QED) is 0.635. The van der Waals surface area contributed by atoms with Crippen LogP contribution in [0.15, 0.2) is 17.1 Å². The zero-order valence-electron chi connectivity index (χ0n) is 6.09. The van der Waals surface area contributed by atoms with E-state index in [1.54, 1.807) is 0 Å². The summed E-state index contributed by atoms with van der Waals surface area (Å²) in [6.07, 6.45) is 1.52. The summed E-state index contributed by atoms with van der Waals surface area (Å²) in [5.41, 5.74) is 0.659. The molecule has 0 aromatic carbocycles. The molecular formula is C7H12N2O. The molecule has 0 aliphatic rings. The lowest BCUT2D eigenvalue weighted by Gasteiger charge is -2.01. The van der Waals surface area contributed by atoms with Gasteiger partial charge in [0.05, 0.1) is 0 Å². The molecule has 0 radical (unpaired) electrons. The van der Waals surface area contributed by atoms with E-state index < -0.39 is 0 Å². The average molecular weight is 140 g/mol. The van der Waals surface area contributed by atoms with Crippen molar-refractivity contribution < 1.29 is 1.43 Å². The van der Waals surface area contributed by atoms with Crippen LogP contribution in [0.5, 0.6) is 0 Å². The molecule has 0 unspecified atom stereocenters. The maximum atomic E-state index is 10.6. The molecule has 3 nitrogen and oxygen atoms in total. The first-order valence-corrected chi connectivity index (χ1v) is 3.25. The Bertz CT molecular complexity index is 269. The van der Waals surface area contributed by atoms with Gasteiger partial charge in [-0.1, -0.05) is 13.8 Å². The largest absolute Gasteiger partial charge is 0.345 e. The minimum absolute atomic E-state index is 0. The first-order valence-electron chi connectivity index (χ1n) is 3.25. The van der Waals surface area contributed by atoms with Gasteiger partial charge in [-0.3, -0.25) is 0 Å². The normalized spacial score (nSPS) is 10.3. The molecule has 1 N–H and O–H groups in total. The summed E-state index contributed by atoms with van der Waals surface area (Å²) in [5, 5.41) is 0. The Hall–Kier alpha value is -1.12. The van der Waals surface area contributed by atoms with Crippen molar-refractivity contribution in [2.75, 3.05) is 0 Å². The number of aromatic nitrogens is 2. The molecule has 1 aromatic heterocycles. The van der Waals surface area contributed by atoms with Gasteiger partial charge in [0.2, 0.25) is 0 Å². The third-order valence-electron chi connectivity index (χ3n) is 1.32. The van der Waals surface area contributed by atoms with Crippen LogP contribution in [-0.4, -0.2) is 9.97 Å². The minimum atomic E-state index is -0.272. The van der Waals surface area contributed by atoms with Crippen LogP contribution in [0.4, 0.5) is 0 Å². The molecule has 0 aliphatic heterocycles. The molecule has 56 valence electrons. The average Bonchev–Trinajstić information content (AvgIpc) is 1.88. The summed E-state index contributed by atoms with van der Waals surface area (Å²) >= 11 is 0. The van der Waals surface area contributed by atoms with Gasteiger partial charge < -0.3 is 4.98 Å². The highest BCUT2D eigenvalue weighted by Crippen LogP contribution is 2.06. The number of H-pyrrole nitrogens is 1. The second-order valence-electron chi connectivity index (χ2n) is 2.49. The van der Waals surface area contributed by atoms with Crippen molar-refractivity contribution >= 4 is 0 Å². The standard InChI is InChI=1S/C7H10N2O.H2/c1-5(2)6-3-4-8-7(10)9-6;/h3-5H,1-2H3,(H,8,9,10);1H. The van der Waals surface area contributed by atoms with Gasteiger partial charge in [0.1, 0.15) is 0 Å². The molecule has 1 rings (SSSR count). The van der Waals surface area contributed by atoms with Crippen LogP contribution in [0.2, 0.25) is 0 Å². The first-order chi connectivity index (χ1) is 4.70. The van der Waals surface area contributed by atoms with E-state index in [1.807, 2.05) is 19.9 Å². The summed E-state index contributed by atoms with van der Waals surface area (Å²) in [4.78, 5) is 16.8. The van der Waals surface area contributed by atoms with Crippen LogP contribution in [0.3, 0.4) is 0 Å². The third-order valence-corrected chi connectivity index (χ3v) is 1.32. The second kappa shape index (κ2) is 2.64. The van der Waals surface area contributed by atoms with E-state index >= 15 is 0 Å². The van der Waals surface area contributed by atoms with Crippen LogP contribution in [0.1, 0.15) is 26.9 Å². The fourth-order valence-corrected chi connectivity index (χ4v) is 0.719. The fraction of sp³-hybridized carbons (Fsp3) is 0.429. The molecule has 0 bridgehead atoms. The van der Waals surface area contributed by atoms with E-state index in [2.05, 4.69) is 9.97 Å². The monoisotopic (exact) mass is 140 g/mol. The van der Waals surface area contributed by atoms with Gasteiger partial charge in [-0.15, -0.1) is 0 Å². The number of nitrogens with one attached hydrogen (secondary N) is 1. The third kappa shape index (κ3) is 1.43. The molecule has 0 amide bonds. The lowest BCUT2D eigenvalue weighted by atomic mass is 10.1. The molecule has 0 saturated heterocycles. The van der Waals surface area contributed by atoms with E-state index in [0.29, 0.717) is 5.92 Å². The molecule has 0 atom stereocenters. The molecule has 1 aromatic rings. The van der Waals surface area contributed by atoms with E-state index in [1.165, 1.54) is 6.20 Å². The molecule has 3 heteroatoms. The molecule has 0 fully saturated rings. The van der Waals surface area contributed by atoms with E-state index in [9.17, 15) is 4.79 Å².